The summed E-state index contributed by atoms with van der Waals surface area (Å²) in [6.45, 7) is 1.88. The molecule has 10 heteroatoms. The molecule has 1 spiro atoms. The maximum absolute atomic E-state index is 13.6. The first kappa shape index (κ1) is 20.9. The Balaban J connectivity index is 1.53. The number of anilines is 3. The molecule has 2 aromatic heterocycles. The third-order valence-corrected chi connectivity index (χ3v) is 6.66. The van der Waals surface area contributed by atoms with Crippen LogP contribution in [-0.2, 0) is 10.5 Å². The van der Waals surface area contributed by atoms with E-state index in [2.05, 4.69) is 25.9 Å². The van der Waals surface area contributed by atoms with E-state index < -0.39 is 11.9 Å². The number of fused-ring (bicyclic) bond motifs is 2. The molecule has 3 aliphatic rings. The number of hydrogen-bond acceptors (Lipinski definition) is 8. The molecule has 1 atom stereocenters. The van der Waals surface area contributed by atoms with Crippen molar-refractivity contribution in [2.45, 2.75) is 63.8 Å². The highest BCUT2D eigenvalue weighted by Crippen LogP contribution is 2.41. The molecule has 2 fully saturated rings. The topological polar surface area (TPSA) is 130 Å². The Labute approximate surface area is 185 Å². The highest BCUT2D eigenvalue weighted by Gasteiger charge is 2.45. The van der Waals surface area contributed by atoms with Crippen LogP contribution in [-0.4, -0.2) is 32.7 Å². The van der Waals surface area contributed by atoms with Crippen LogP contribution in [0.25, 0.3) is 0 Å². The van der Waals surface area contributed by atoms with E-state index in [0.29, 0.717) is 11.4 Å². The number of aryl methyl sites for hydroxylation is 1. The van der Waals surface area contributed by atoms with Crippen LogP contribution >= 0.6 is 0 Å². The minimum absolute atomic E-state index is 0.0145. The summed E-state index contributed by atoms with van der Waals surface area (Å²) in [6.07, 6.45) is 6.86. The van der Waals surface area contributed by atoms with Crippen LogP contribution in [0.3, 0.4) is 0 Å². The second-order valence-corrected chi connectivity index (χ2v) is 8.90. The fraction of sp³-hybridized carbons (Fsp3) is 0.545. The Morgan fingerprint density at radius 2 is 1.97 bits per heavy atom. The lowest BCUT2D eigenvalue weighted by molar-refractivity contribution is -0.117. The van der Waals surface area contributed by atoms with Crippen molar-refractivity contribution < 1.29 is 14.6 Å². The molecule has 32 heavy (non-hydrogen) atoms. The van der Waals surface area contributed by atoms with E-state index in [9.17, 15) is 14.7 Å². The van der Waals surface area contributed by atoms with Crippen molar-refractivity contribution in [1.29, 1.82) is 0 Å². The summed E-state index contributed by atoms with van der Waals surface area (Å²) in [7, 11) is 1.47. The Morgan fingerprint density at radius 3 is 2.66 bits per heavy atom. The number of rotatable bonds is 5. The van der Waals surface area contributed by atoms with E-state index in [-0.39, 0.29) is 34.8 Å². The minimum atomic E-state index is -0.882. The SMILES string of the molecule is COc1c(NC(=O)C2CC2)ncnc1Nc1cc(C)c2n(c1=O)C1(CCCCC1)NC2O. The van der Waals surface area contributed by atoms with Gasteiger partial charge in [0.1, 0.15) is 23.9 Å². The lowest BCUT2D eigenvalue weighted by Crippen LogP contribution is -2.48. The van der Waals surface area contributed by atoms with E-state index in [1.54, 1.807) is 10.6 Å². The van der Waals surface area contributed by atoms with Crippen molar-refractivity contribution in [2.24, 2.45) is 5.92 Å². The largest absolute Gasteiger partial charge is 0.490 e. The highest BCUT2D eigenvalue weighted by atomic mass is 16.5. The van der Waals surface area contributed by atoms with Gasteiger partial charge in [-0.15, -0.1) is 0 Å². The standard InChI is InChI=1S/C22H28N6O4/c1-12-10-14(21(31)28-15(12)20(30)27-22(28)8-4-3-5-9-22)25-17-16(32-2)18(24-11-23-17)26-19(29)13-6-7-13/h10-11,13,20,27,30H,3-9H2,1-2H3,(H2,23,24,25,26,29). The van der Waals surface area contributed by atoms with Gasteiger partial charge in [0.25, 0.3) is 5.56 Å². The molecule has 2 saturated carbocycles. The average molecular weight is 441 g/mol. The normalized spacial score (nSPS) is 21.3. The van der Waals surface area contributed by atoms with Gasteiger partial charge < -0.3 is 20.5 Å². The molecule has 1 amide bonds. The molecule has 4 N–H and O–H groups in total. The number of nitrogens with zero attached hydrogens (tertiary/aromatic N) is 3. The summed E-state index contributed by atoms with van der Waals surface area (Å²) in [5, 5.41) is 19.8. The molecular formula is C22H28N6O4. The number of ether oxygens (including phenoxy) is 1. The Hall–Kier alpha value is -2.98. The van der Waals surface area contributed by atoms with Crippen molar-refractivity contribution in [2.75, 3.05) is 17.7 Å². The zero-order chi connectivity index (χ0) is 22.5. The van der Waals surface area contributed by atoms with Crippen molar-refractivity contribution >= 4 is 23.2 Å². The van der Waals surface area contributed by atoms with E-state index in [1.807, 2.05) is 6.92 Å². The van der Waals surface area contributed by atoms with Gasteiger partial charge in [-0.1, -0.05) is 6.42 Å². The fourth-order valence-electron chi connectivity index (χ4n) is 4.94. The monoisotopic (exact) mass is 440 g/mol. The number of hydrogen-bond donors (Lipinski definition) is 4. The van der Waals surface area contributed by atoms with Gasteiger partial charge in [0, 0.05) is 5.92 Å². The smallest absolute Gasteiger partial charge is 0.276 e. The number of aliphatic hydroxyl groups is 1. The number of amides is 1. The second-order valence-electron chi connectivity index (χ2n) is 8.90. The molecular weight excluding hydrogens is 412 g/mol. The molecule has 1 unspecified atom stereocenters. The van der Waals surface area contributed by atoms with Gasteiger partial charge in [0.2, 0.25) is 11.7 Å². The average Bonchev–Trinajstić information content (AvgIpc) is 3.58. The van der Waals surface area contributed by atoms with Crippen LogP contribution in [0.5, 0.6) is 5.75 Å². The maximum atomic E-state index is 13.6. The zero-order valence-electron chi connectivity index (χ0n) is 18.3. The van der Waals surface area contributed by atoms with Crippen LogP contribution in [0.2, 0.25) is 0 Å². The summed E-state index contributed by atoms with van der Waals surface area (Å²) in [5.74, 6) is 0.728. The van der Waals surface area contributed by atoms with Crippen LogP contribution < -0.4 is 26.2 Å². The first-order valence-corrected chi connectivity index (χ1v) is 11.1. The van der Waals surface area contributed by atoms with Crippen LogP contribution in [0.1, 0.15) is 62.4 Å². The van der Waals surface area contributed by atoms with E-state index in [4.69, 9.17) is 4.74 Å². The van der Waals surface area contributed by atoms with E-state index in [0.717, 1.165) is 50.5 Å². The molecule has 2 aliphatic carbocycles. The number of pyridine rings is 1. The number of carbonyl (C=O) groups excluding carboxylic acids is 1. The third-order valence-electron chi connectivity index (χ3n) is 6.66. The lowest BCUT2D eigenvalue weighted by atomic mass is 9.89. The van der Waals surface area contributed by atoms with Gasteiger partial charge >= 0.3 is 0 Å². The lowest BCUT2D eigenvalue weighted by Gasteiger charge is -2.36. The molecule has 0 saturated heterocycles. The number of methoxy groups -OCH3 is 1. The minimum Gasteiger partial charge on any atom is -0.490 e. The Kier molecular flexibility index (Phi) is 5.13. The van der Waals surface area contributed by atoms with Crippen molar-refractivity contribution in [3.05, 3.63) is 34.0 Å². The predicted molar refractivity (Wildman–Crippen MR) is 118 cm³/mol. The number of aliphatic hydroxyl groups excluding tert-OH is 1. The first-order chi connectivity index (χ1) is 15.4. The fourth-order valence-corrected chi connectivity index (χ4v) is 4.94. The van der Waals surface area contributed by atoms with Gasteiger partial charge in [-0.05, 0) is 57.1 Å². The van der Waals surface area contributed by atoms with Crippen LogP contribution in [0, 0.1) is 12.8 Å². The third kappa shape index (κ3) is 3.43. The first-order valence-electron chi connectivity index (χ1n) is 11.1. The molecule has 0 aromatic carbocycles. The van der Waals surface area contributed by atoms with E-state index >= 15 is 0 Å². The van der Waals surface area contributed by atoms with Gasteiger partial charge in [-0.25, -0.2) is 9.97 Å². The number of nitrogens with one attached hydrogen (secondary N) is 3. The molecule has 3 heterocycles. The highest BCUT2D eigenvalue weighted by molar-refractivity contribution is 5.95. The van der Waals surface area contributed by atoms with E-state index in [1.165, 1.54) is 13.4 Å². The molecule has 0 bridgehead atoms. The maximum Gasteiger partial charge on any atom is 0.276 e. The summed E-state index contributed by atoms with van der Waals surface area (Å²) < 4.78 is 7.20. The van der Waals surface area contributed by atoms with Gasteiger partial charge in [0.05, 0.1) is 12.8 Å². The Morgan fingerprint density at radius 1 is 1.25 bits per heavy atom. The Bertz CT molecular complexity index is 1120. The quantitative estimate of drug-likeness (QED) is 0.557. The van der Waals surface area contributed by atoms with Crippen molar-refractivity contribution in [3.8, 4) is 5.75 Å². The van der Waals surface area contributed by atoms with Gasteiger partial charge in [-0.3, -0.25) is 19.5 Å². The summed E-state index contributed by atoms with van der Waals surface area (Å²) in [4.78, 5) is 34.2. The molecule has 170 valence electrons. The summed E-state index contributed by atoms with van der Waals surface area (Å²) in [5.41, 5.74) is 0.912. The second kappa shape index (κ2) is 7.86. The van der Waals surface area contributed by atoms with Crippen molar-refractivity contribution in [3.63, 3.8) is 0 Å². The number of carbonyl (C=O) groups is 1. The van der Waals surface area contributed by atoms with Gasteiger partial charge in [-0.2, -0.15) is 0 Å². The predicted octanol–water partition coefficient (Wildman–Crippen LogP) is 2.26. The number of aromatic nitrogens is 3. The molecule has 5 rings (SSSR count). The van der Waals surface area contributed by atoms with Gasteiger partial charge in [0.15, 0.2) is 11.6 Å². The molecule has 2 aromatic rings. The summed E-state index contributed by atoms with van der Waals surface area (Å²) in [6, 6.07) is 1.71. The molecule has 0 radical (unpaired) electrons. The summed E-state index contributed by atoms with van der Waals surface area (Å²) >= 11 is 0. The van der Waals surface area contributed by atoms with Crippen LogP contribution in [0.15, 0.2) is 17.2 Å². The van der Waals surface area contributed by atoms with Crippen LogP contribution in [0.4, 0.5) is 17.3 Å². The van der Waals surface area contributed by atoms with Crippen molar-refractivity contribution in [1.82, 2.24) is 19.9 Å². The zero-order valence-corrected chi connectivity index (χ0v) is 18.3. The molecule has 10 nitrogen and oxygen atoms in total. The molecule has 1 aliphatic heterocycles.